The highest BCUT2D eigenvalue weighted by atomic mass is 79.9. The van der Waals surface area contributed by atoms with E-state index in [1.54, 1.807) is 11.8 Å². The molecule has 202 valence electrons. The lowest BCUT2D eigenvalue weighted by atomic mass is 10.1. The molecule has 0 aliphatic rings. The summed E-state index contributed by atoms with van der Waals surface area (Å²) in [5.74, 6) is 0.732. The first-order valence-corrected chi connectivity index (χ1v) is 14.5. The first-order chi connectivity index (χ1) is 19.3. The molecule has 0 saturated heterocycles. The van der Waals surface area contributed by atoms with Crippen LogP contribution in [0.4, 0.5) is 17.2 Å². The summed E-state index contributed by atoms with van der Waals surface area (Å²) in [6.07, 6.45) is 1.50. The predicted octanol–water partition coefficient (Wildman–Crippen LogP) is 7.88. The number of amides is 1. The van der Waals surface area contributed by atoms with Crippen LogP contribution in [0.2, 0.25) is 0 Å². The summed E-state index contributed by atoms with van der Waals surface area (Å²) in [5, 5.41) is 7.37. The van der Waals surface area contributed by atoms with Gasteiger partial charge in [-0.05, 0) is 85.1 Å². The summed E-state index contributed by atoms with van der Waals surface area (Å²) in [7, 11) is 0. The number of hydrogen-bond donors (Lipinski definition) is 3. The molecule has 0 spiro atoms. The Kier molecular flexibility index (Phi) is 8.32. The summed E-state index contributed by atoms with van der Waals surface area (Å²) >= 11 is 5.08. The topological polar surface area (TPSA) is 106 Å². The molecule has 1 unspecified atom stereocenters. The van der Waals surface area contributed by atoms with E-state index in [1.165, 1.54) is 6.33 Å². The smallest absolute Gasteiger partial charge is 0.251 e. The van der Waals surface area contributed by atoms with Crippen LogP contribution in [0.3, 0.4) is 0 Å². The number of nitrogens with one attached hydrogen (secondary N) is 2. The van der Waals surface area contributed by atoms with Crippen molar-refractivity contribution < 1.29 is 4.79 Å². The number of benzene rings is 3. The second-order valence-electron chi connectivity index (χ2n) is 9.74. The normalized spacial score (nSPS) is 11.9. The Bertz CT molecular complexity index is 1680. The van der Waals surface area contributed by atoms with Crippen LogP contribution in [-0.2, 0) is 0 Å². The van der Waals surface area contributed by atoms with E-state index in [9.17, 15) is 4.79 Å². The molecule has 0 aliphatic carbocycles. The molecular formula is C31H29BrN6OS. The van der Waals surface area contributed by atoms with Gasteiger partial charge in [-0.3, -0.25) is 4.79 Å². The lowest BCUT2D eigenvalue weighted by Gasteiger charge is -2.17. The third kappa shape index (κ3) is 6.43. The number of fused-ring (bicyclic) bond motifs is 1. The molecule has 0 fully saturated rings. The number of carbonyl (C=O) groups is 1. The van der Waals surface area contributed by atoms with Gasteiger partial charge in [-0.2, -0.15) is 0 Å². The number of anilines is 3. The van der Waals surface area contributed by atoms with Crippen molar-refractivity contribution >= 4 is 61.8 Å². The van der Waals surface area contributed by atoms with Crippen molar-refractivity contribution in [2.24, 2.45) is 0 Å². The molecule has 7 nitrogen and oxygen atoms in total. The van der Waals surface area contributed by atoms with Crippen LogP contribution in [0.5, 0.6) is 0 Å². The molecule has 0 bridgehead atoms. The molecule has 1 amide bonds. The van der Waals surface area contributed by atoms with E-state index in [0.29, 0.717) is 22.7 Å². The largest absolute Gasteiger partial charge is 0.399 e. The average molecular weight is 614 g/mol. The van der Waals surface area contributed by atoms with Gasteiger partial charge in [0.1, 0.15) is 12.1 Å². The number of aromatic nitrogens is 3. The van der Waals surface area contributed by atoms with Crippen LogP contribution in [0, 0.1) is 0 Å². The Balaban J connectivity index is 1.49. The molecule has 2 heterocycles. The Morgan fingerprint density at radius 1 is 0.950 bits per heavy atom. The summed E-state index contributed by atoms with van der Waals surface area (Å²) in [6.45, 7) is 6.17. The van der Waals surface area contributed by atoms with Crippen molar-refractivity contribution in [1.29, 1.82) is 0 Å². The first kappa shape index (κ1) is 27.6. The van der Waals surface area contributed by atoms with Gasteiger partial charge in [0.2, 0.25) is 0 Å². The average Bonchev–Trinajstić information content (AvgIpc) is 2.95. The summed E-state index contributed by atoms with van der Waals surface area (Å²) in [4.78, 5) is 28.9. The maximum Gasteiger partial charge on any atom is 0.251 e. The quantitative estimate of drug-likeness (QED) is 0.153. The van der Waals surface area contributed by atoms with Crippen LogP contribution in [0.1, 0.15) is 54.3 Å². The summed E-state index contributed by atoms with van der Waals surface area (Å²) in [5.41, 5.74) is 10.5. The lowest BCUT2D eigenvalue weighted by molar-refractivity contribution is 0.0940. The Morgan fingerprint density at radius 3 is 2.50 bits per heavy atom. The van der Waals surface area contributed by atoms with E-state index >= 15 is 0 Å². The van der Waals surface area contributed by atoms with Crippen molar-refractivity contribution in [2.75, 3.05) is 11.1 Å². The molecule has 3 aromatic carbocycles. The SMILES string of the molecule is CC(C)c1ccc2c(Nc3cc(C(=O)NC(C)c4cccc(Br)c4)ccc3Sc3ccc(N)cc3)ncnc2n1. The van der Waals surface area contributed by atoms with Crippen LogP contribution in [0.15, 0.2) is 99.5 Å². The van der Waals surface area contributed by atoms with Crippen molar-refractivity contribution in [3.63, 3.8) is 0 Å². The highest BCUT2D eigenvalue weighted by Crippen LogP contribution is 2.37. The highest BCUT2D eigenvalue weighted by Gasteiger charge is 2.16. The van der Waals surface area contributed by atoms with Gasteiger partial charge in [-0.25, -0.2) is 15.0 Å². The highest BCUT2D eigenvalue weighted by molar-refractivity contribution is 9.10. The number of nitrogen functional groups attached to an aromatic ring is 1. The van der Waals surface area contributed by atoms with Gasteiger partial charge in [0, 0.05) is 31.2 Å². The molecule has 40 heavy (non-hydrogen) atoms. The molecule has 5 rings (SSSR count). The van der Waals surface area contributed by atoms with Gasteiger partial charge in [0.15, 0.2) is 5.65 Å². The van der Waals surface area contributed by atoms with Crippen LogP contribution < -0.4 is 16.4 Å². The van der Waals surface area contributed by atoms with Gasteiger partial charge >= 0.3 is 0 Å². The second kappa shape index (κ2) is 12.1. The van der Waals surface area contributed by atoms with Crippen LogP contribution in [0.25, 0.3) is 11.0 Å². The molecule has 2 aromatic heterocycles. The molecule has 1 atom stereocenters. The Hall–Kier alpha value is -3.95. The van der Waals surface area contributed by atoms with Crippen molar-refractivity contribution in [1.82, 2.24) is 20.3 Å². The number of hydrogen-bond acceptors (Lipinski definition) is 7. The Morgan fingerprint density at radius 2 is 1.75 bits per heavy atom. The van der Waals surface area contributed by atoms with E-state index in [2.05, 4.69) is 50.4 Å². The molecule has 0 saturated carbocycles. The third-order valence-electron chi connectivity index (χ3n) is 6.41. The maximum atomic E-state index is 13.3. The van der Waals surface area contributed by atoms with Gasteiger partial charge in [0.05, 0.1) is 17.1 Å². The van der Waals surface area contributed by atoms with E-state index in [0.717, 1.165) is 36.6 Å². The molecule has 5 aromatic rings. The number of pyridine rings is 1. The van der Waals surface area contributed by atoms with Crippen LogP contribution >= 0.6 is 27.7 Å². The van der Waals surface area contributed by atoms with Gasteiger partial charge in [0.25, 0.3) is 5.91 Å². The fourth-order valence-electron chi connectivity index (χ4n) is 4.17. The summed E-state index contributed by atoms with van der Waals surface area (Å²) < 4.78 is 0.966. The van der Waals surface area contributed by atoms with Crippen LogP contribution in [-0.4, -0.2) is 20.9 Å². The zero-order chi connectivity index (χ0) is 28.2. The first-order valence-electron chi connectivity index (χ1n) is 12.9. The number of halogens is 1. The monoisotopic (exact) mass is 612 g/mol. The maximum absolute atomic E-state index is 13.3. The second-order valence-corrected chi connectivity index (χ2v) is 11.8. The standard InChI is InChI=1S/C31H29BrN6OS/c1-18(2)26-13-12-25-29(37-26)34-17-35-30(25)38-27-16-21(7-14-28(27)40-24-10-8-23(33)9-11-24)31(39)36-19(3)20-5-4-6-22(32)15-20/h4-19H,33H2,1-3H3,(H,36,39)(H,34,35,37,38). The van der Waals surface area contributed by atoms with Gasteiger partial charge in [-0.15, -0.1) is 0 Å². The van der Waals surface area contributed by atoms with Gasteiger partial charge in [-0.1, -0.05) is 53.7 Å². The fraction of sp³-hybridized carbons (Fsp3) is 0.161. The fourth-order valence-corrected chi connectivity index (χ4v) is 5.46. The minimum absolute atomic E-state index is 0.169. The zero-order valence-corrected chi connectivity index (χ0v) is 24.8. The molecule has 0 aliphatic heterocycles. The Labute approximate surface area is 246 Å². The molecule has 4 N–H and O–H groups in total. The number of nitrogens with two attached hydrogens (primary N) is 1. The molecule has 9 heteroatoms. The number of rotatable bonds is 8. The summed E-state index contributed by atoms with van der Waals surface area (Å²) in [6, 6.07) is 25.1. The number of nitrogens with zero attached hydrogens (tertiary/aromatic N) is 3. The van der Waals surface area contributed by atoms with Gasteiger partial charge < -0.3 is 16.4 Å². The third-order valence-corrected chi connectivity index (χ3v) is 7.99. The molecular weight excluding hydrogens is 584 g/mol. The van der Waals surface area contributed by atoms with Crippen molar-refractivity contribution in [3.8, 4) is 0 Å². The van der Waals surface area contributed by atoms with Crippen molar-refractivity contribution in [2.45, 2.75) is 42.5 Å². The minimum atomic E-state index is -0.171. The predicted molar refractivity (Wildman–Crippen MR) is 166 cm³/mol. The van der Waals surface area contributed by atoms with E-state index < -0.39 is 0 Å². The van der Waals surface area contributed by atoms with E-state index in [4.69, 9.17) is 10.7 Å². The van der Waals surface area contributed by atoms with Crippen molar-refractivity contribution in [3.05, 3.63) is 106 Å². The van der Waals surface area contributed by atoms with E-state index in [1.807, 2.05) is 85.8 Å². The molecule has 0 radical (unpaired) electrons. The van der Waals surface area contributed by atoms with E-state index in [-0.39, 0.29) is 17.9 Å². The lowest BCUT2D eigenvalue weighted by Crippen LogP contribution is -2.26. The zero-order valence-electron chi connectivity index (χ0n) is 22.4. The minimum Gasteiger partial charge on any atom is -0.399 e. The number of carbonyl (C=O) groups excluding carboxylic acids is 1.